The van der Waals surface area contributed by atoms with E-state index < -0.39 is 0 Å². The maximum Gasteiger partial charge on any atom is 0.147 e. The van der Waals surface area contributed by atoms with Gasteiger partial charge in [-0.3, -0.25) is 0 Å². The van der Waals surface area contributed by atoms with E-state index in [9.17, 15) is 0 Å². The summed E-state index contributed by atoms with van der Waals surface area (Å²) in [7, 11) is 0. The lowest BCUT2D eigenvalue weighted by Gasteiger charge is -2.17. The molecule has 74 valence electrons. The molecule has 13 heavy (non-hydrogen) atoms. The zero-order chi connectivity index (χ0) is 9.84. The minimum Gasteiger partial charge on any atom is -0.250 e. The van der Waals surface area contributed by atoms with E-state index in [2.05, 4.69) is 17.0 Å². The Morgan fingerprint density at radius 1 is 1.38 bits per heavy atom. The zero-order valence-electron chi connectivity index (χ0n) is 9.04. The van der Waals surface area contributed by atoms with Crippen LogP contribution in [0.5, 0.6) is 0 Å². The molecule has 0 saturated heterocycles. The van der Waals surface area contributed by atoms with Crippen molar-refractivity contribution in [1.82, 2.24) is 14.8 Å². The lowest BCUT2D eigenvalue weighted by molar-refractivity contribution is 0.367. The molecule has 0 aliphatic carbocycles. The average Bonchev–Trinajstić information content (AvgIpc) is 2.48. The van der Waals surface area contributed by atoms with Gasteiger partial charge in [0.05, 0.1) is 0 Å². The van der Waals surface area contributed by atoms with Gasteiger partial charge in [0.1, 0.15) is 11.6 Å². The molecule has 0 bridgehead atoms. The van der Waals surface area contributed by atoms with Crippen LogP contribution in [0, 0.1) is 12.8 Å². The molecule has 0 N–H and O–H groups in total. The smallest absolute Gasteiger partial charge is 0.147 e. The molecular weight excluding hydrogens is 162 g/mol. The van der Waals surface area contributed by atoms with E-state index in [0.29, 0.717) is 0 Å². The van der Waals surface area contributed by atoms with Crippen molar-refractivity contribution in [3.8, 4) is 0 Å². The molecule has 3 heteroatoms. The Morgan fingerprint density at radius 3 is 2.77 bits per heavy atom. The van der Waals surface area contributed by atoms with Crippen LogP contribution in [0.1, 0.15) is 38.8 Å². The highest BCUT2D eigenvalue weighted by molar-refractivity contribution is 4.94. The molecule has 0 fully saturated rings. The largest absolute Gasteiger partial charge is 0.250 e. The second kappa shape index (κ2) is 4.40. The molecule has 1 aromatic rings. The van der Waals surface area contributed by atoms with Crippen LogP contribution >= 0.6 is 0 Å². The molecule has 1 aromatic heterocycles. The molecule has 0 saturated carbocycles. The number of aryl methyl sites for hydroxylation is 2. The Hall–Kier alpha value is -0.860. The van der Waals surface area contributed by atoms with E-state index >= 15 is 0 Å². The summed E-state index contributed by atoms with van der Waals surface area (Å²) < 4.78 is 2.05. The van der Waals surface area contributed by atoms with Crippen molar-refractivity contribution in [1.29, 1.82) is 0 Å². The Labute approximate surface area is 80.2 Å². The van der Waals surface area contributed by atoms with Crippen molar-refractivity contribution in [3.05, 3.63) is 11.6 Å². The Balaban J connectivity index is 0.000000396. The third-order valence-electron chi connectivity index (χ3n) is 2.20. The summed E-state index contributed by atoms with van der Waals surface area (Å²) in [6, 6.07) is 0. The van der Waals surface area contributed by atoms with Crippen LogP contribution < -0.4 is 0 Å². The summed E-state index contributed by atoms with van der Waals surface area (Å²) in [5.41, 5.74) is 0. The van der Waals surface area contributed by atoms with Crippen molar-refractivity contribution >= 4 is 0 Å². The Kier molecular flexibility index (Phi) is 3.46. The molecule has 1 aliphatic rings. The van der Waals surface area contributed by atoms with Crippen LogP contribution in [0.25, 0.3) is 0 Å². The molecule has 1 aliphatic heterocycles. The van der Waals surface area contributed by atoms with Crippen LogP contribution in [0.4, 0.5) is 0 Å². The molecule has 1 atom stereocenters. The summed E-state index contributed by atoms with van der Waals surface area (Å²) >= 11 is 0. The average molecular weight is 181 g/mol. The molecule has 0 amide bonds. The maximum absolute atomic E-state index is 4.34. The van der Waals surface area contributed by atoms with E-state index in [-0.39, 0.29) is 0 Å². The summed E-state index contributed by atoms with van der Waals surface area (Å²) in [5, 5.41) is 4.31. The van der Waals surface area contributed by atoms with Gasteiger partial charge in [-0.1, -0.05) is 20.8 Å². The zero-order valence-corrected chi connectivity index (χ0v) is 9.04. The Bertz CT molecular complexity index is 265. The fourth-order valence-electron chi connectivity index (χ4n) is 1.59. The maximum atomic E-state index is 4.34. The summed E-state index contributed by atoms with van der Waals surface area (Å²) in [6.07, 6.45) is 2.36. The SMILES string of the molecule is CC.Cc1nc2n(n1)CC(C)CC2. The lowest BCUT2D eigenvalue weighted by atomic mass is 10.0. The van der Waals surface area contributed by atoms with Crippen molar-refractivity contribution in [2.45, 2.75) is 47.1 Å². The van der Waals surface area contributed by atoms with Crippen LogP contribution in [0.3, 0.4) is 0 Å². The standard InChI is InChI=1S/C8H13N3.C2H6/c1-6-3-4-8-9-7(2)10-11(8)5-6;1-2/h6H,3-5H2,1-2H3;1-2H3. The predicted molar refractivity (Wildman–Crippen MR) is 53.6 cm³/mol. The number of hydrogen-bond acceptors (Lipinski definition) is 2. The summed E-state index contributed by atoms with van der Waals surface area (Å²) in [6.45, 7) is 9.27. The van der Waals surface area contributed by atoms with Gasteiger partial charge in [-0.05, 0) is 19.3 Å². The van der Waals surface area contributed by atoms with Gasteiger partial charge in [-0.2, -0.15) is 5.10 Å². The number of hydrogen-bond donors (Lipinski definition) is 0. The van der Waals surface area contributed by atoms with Gasteiger partial charge in [0, 0.05) is 13.0 Å². The highest BCUT2D eigenvalue weighted by atomic mass is 15.3. The van der Waals surface area contributed by atoms with E-state index in [1.807, 2.05) is 25.5 Å². The van der Waals surface area contributed by atoms with Crippen LogP contribution in [-0.2, 0) is 13.0 Å². The molecule has 0 aromatic carbocycles. The van der Waals surface area contributed by atoms with E-state index in [0.717, 1.165) is 24.7 Å². The van der Waals surface area contributed by atoms with Crippen LogP contribution in [0.15, 0.2) is 0 Å². The van der Waals surface area contributed by atoms with Gasteiger partial charge in [0.25, 0.3) is 0 Å². The van der Waals surface area contributed by atoms with Gasteiger partial charge in [0.15, 0.2) is 0 Å². The quantitative estimate of drug-likeness (QED) is 0.614. The third kappa shape index (κ3) is 2.29. The first kappa shape index (κ1) is 10.2. The normalized spacial score (nSPS) is 20.2. The lowest BCUT2D eigenvalue weighted by Crippen LogP contribution is -2.18. The fourth-order valence-corrected chi connectivity index (χ4v) is 1.59. The summed E-state index contributed by atoms with van der Waals surface area (Å²) in [5.74, 6) is 2.85. The monoisotopic (exact) mass is 181 g/mol. The molecule has 1 unspecified atom stereocenters. The van der Waals surface area contributed by atoms with Gasteiger partial charge >= 0.3 is 0 Å². The van der Waals surface area contributed by atoms with Gasteiger partial charge in [0.2, 0.25) is 0 Å². The van der Waals surface area contributed by atoms with Crippen LogP contribution in [0.2, 0.25) is 0 Å². The van der Waals surface area contributed by atoms with E-state index in [1.54, 1.807) is 0 Å². The number of rotatable bonds is 0. The van der Waals surface area contributed by atoms with Crippen molar-refractivity contribution in [2.75, 3.05) is 0 Å². The van der Waals surface area contributed by atoms with Crippen molar-refractivity contribution in [3.63, 3.8) is 0 Å². The van der Waals surface area contributed by atoms with Crippen molar-refractivity contribution in [2.24, 2.45) is 5.92 Å². The molecule has 3 nitrogen and oxygen atoms in total. The minimum atomic E-state index is 0.767. The molecule has 2 rings (SSSR count). The Morgan fingerprint density at radius 2 is 2.08 bits per heavy atom. The topological polar surface area (TPSA) is 30.7 Å². The molecule has 2 heterocycles. The highest BCUT2D eigenvalue weighted by Gasteiger charge is 2.16. The second-order valence-electron chi connectivity index (χ2n) is 3.40. The number of fused-ring (bicyclic) bond motifs is 1. The first-order chi connectivity index (χ1) is 6.25. The number of nitrogens with zero attached hydrogens (tertiary/aromatic N) is 3. The molecular formula is C10H19N3. The minimum absolute atomic E-state index is 0.767. The van der Waals surface area contributed by atoms with Gasteiger partial charge < -0.3 is 0 Å². The highest BCUT2D eigenvalue weighted by Crippen LogP contribution is 2.16. The van der Waals surface area contributed by atoms with Gasteiger partial charge in [-0.15, -0.1) is 0 Å². The third-order valence-corrected chi connectivity index (χ3v) is 2.20. The summed E-state index contributed by atoms with van der Waals surface area (Å²) in [4.78, 5) is 4.34. The van der Waals surface area contributed by atoms with E-state index in [1.165, 1.54) is 12.2 Å². The fraction of sp³-hybridized carbons (Fsp3) is 0.800. The molecule has 0 radical (unpaired) electrons. The van der Waals surface area contributed by atoms with E-state index in [4.69, 9.17) is 0 Å². The predicted octanol–water partition coefficient (Wildman–Crippen LogP) is 2.20. The van der Waals surface area contributed by atoms with Crippen molar-refractivity contribution < 1.29 is 0 Å². The number of aromatic nitrogens is 3. The second-order valence-corrected chi connectivity index (χ2v) is 3.40. The van der Waals surface area contributed by atoms with Gasteiger partial charge in [-0.25, -0.2) is 9.67 Å². The first-order valence-corrected chi connectivity index (χ1v) is 5.16. The first-order valence-electron chi connectivity index (χ1n) is 5.16. The molecule has 0 spiro atoms. The van der Waals surface area contributed by atoms with Crippen LogP contribution in [-0.4, -0.2) is 14.8 Å².